The van der Waals surface area contributed by atoms with E-state index in [1.807, 2.05) is 18.9 Å². The first-order chi connectivity index (χ1) is 8.20. The van der Waals surface area contributed by atoms with E-state index >= 15 is 0 Å². The average molecular weight is 236 g/mol. The van der Waals surface area contributed by atoms with Gasteiger partial charge < -0.3 is 10.2 Å². The van der Waals surface area contributed by atoms with Gasteiger partial charge in [0.25, 0.3) is 5.56 Å². The highest BCUT2D eigenvalue weighted by atomic mass is 16.1. The summed E-state index contributed by atoms with van der Waals surface area (Å²) < 4.78 is 1.55. The zero-order chi connectivity index (χ0) is 12.3. The minimum absolute atomic E-state index is 0.0171. The van der Waals surface area contributed by atoms with E-state index in [9.17, 15) is 4.79 Å². The van der Waals surface area contributed by atoms with Crippen molar-refractivity contribution in [3.8, 4) is 0 Å². The molecule has 1 aromatic heterocycles. The Morgan fingerprint density at radius 1 is 1.65 bits per heavy atom. The Hall–Kier alpha value is -1.36. The maximum atomic E-state index is 11.9. The van der Waals surface area contributed by atoms with E-state index in [0.717, 1.165) is 25.2 Å². The molecule has 1 aliphatic rings. The summed E-state index contributed by atoms with van der Waals surface area (Å²) in [5, 5.41) is 7.60. The highest BCUT2D eigenvalue weighted by Gasteiger charge is 2.15. The smallest absolute Gasteiger partial charge is 0.268 e. The maximum absolute atomic E-state index is 11.9. The molecule has 1 atom stereocenters. The summed E-state index contributed by atoms with van der Waals surface area (Å²) in [5.74, 6) is 0. The fraction of sp³-hybridized carbons (Fsp3) is 0.667. The summed E-state index contributed by atoms with van der Waals surface area (Å²) in [6, 6.07) is 2.06. The van der Waals surface area contributed by atoms with Crippen molar-refractivity contribution < 1.29 is 0 Å². The number of rotatable bonds is 4. The Morgan fingerprint density at radius 3 is 3.06 bits per heavy atom. The lowest BCUT2D eigenvalue weighted by Gasteiger charge is -2.17. The van der Waals surface area contributed by atoms with Gasteiger partial charge >= 0.3 is 0 Å². The van der Waals surface area contributed by atoms with Gasteiger partial charge in [0.2, 0.25) is 0 Å². The van der Waals surface area contributed by atoms with E-state index in [1.165, 1.54) is 6.42 Å². The molecule has 0 bridgehead atoms. The molecule has 1 aromatic rings. The van der Waals surface area contributed by atoms with Crippen molar-refractivity contribution in [2.24, 2.45) is 0 Å². The third-order valence-electron chi connectivity index (χ3n) is 3.33. The van der Waals surface area contributed by atoms with Gasteiger partial charge in [-0.15, -0.1) is 0 Å². The third kappa shape index (κ3) is 2.85. The molecule has 0 unspecified atom stereocenters. The van der Waals surface area contributed by atoms with Crippen LogP contribution in [-0.2, 0) is 6.54 Å². The summed E-state index contributed by atoms with van der Waals surface area (Å²) in [4.78, 5) is 13.9. The van der Waals surface area contributed by atoms with Crippen molar-refractivity contribution in [3.63, 3.8) is 0 Å². The number of anilines is 1. The first-order valence-corrected chi connectivity index (χ1v) is 6.22. The van der Waals surface area contributed by atoms with Gasteiger partial charge in [-0.3, -0.25) is 4.79 Å². The first kappa shape index (κ1) is 12.1. The summed E-state index contributed by atoms with van der Waals surface area (Å²) >= 11 is 0. The standard InChI is InChI=1S/C12H20N4O/c1-3-15(2)11-7-12(17)16(14-8-11)9-10-5-4-6-13-10/h7-8,10,13H,3-6,9H2,1-2H3/t10-/m1/s1. The lowest BCUT2D eigenvalue weighted by atomic mass is 10.2. The van der Waals surface area contributed by atoms with Gasteiger partial charge in [0.1, 0.15) is 0 Å². The van der Waals surface area contributed by atoms with E-state index in [4.69, 9.17) is 0 Å². The topological polar surface area (TPSA) is 50.2 Å². The highest BCUT2D eigenvalue weighted by Crippen LogP contribution is 2.08. The van der Waals surface area contributed by atoms with Gasteiger partial charge in [0.05, 0.1) is 18.4 Å². The van der Waals surface area contributed by atoms with Crippen molar-refractivity contribution in [1.29, 1.82) is 0 Å². The van der Waals surface area contributed by atoms with Gasteiger partial charge in [0, 0.05) is 25.7 Å². The molecule has 1 aliphatic heterocycles. The zero-order valence-electron chi connectivity index (χ0n) is 10.5. The molecule has 5 heteroatoms. The predicted octanol–water partition coefficient (Wildman–Crippen LogP) is 0.451. The average Bonchev–Trinajstić information content (AvgIpc) is 2.83. The summed E-state index contributed by atoms with van der Waals surface area (Å²) in [6.07, 6.45) is 4.08. The van der Waals surface area contributed by atoms with Gasteiger partial charge in [-0.1, -0.05) is 0 Å². The fourth-order valence-electron chi connectivity index (χ4n) is 2.07. The molecule has 1 saturated heterocycles. The molecular formula is C12H20N4O. The van der Waals surface area contributed by atoms with Crippen LogP contribution in [0.15, 0.2) is 17.1 Å². The maximum Gasteiger partial charge on any atom is 0.268 e. The number of nitrogens with zero attached hydrogens (tertiary/aromatic N) is 3. The van der Waals surface area contributed by atoms with Crippen LogP contribution < -0.4 is 15.8 Å². The van der Waals surface area contributed by atoms with E-state index in [1.54, 1.807) is 16.9 Å². The van der Waals surface area contributed by atoms with Crippen molar-refractivity contribution in [2.75, 3.05) is 25.0 Å². The summed E-state index contributed by atoms with van der Waals surface area (Å²) in [7, 11) is 1.96. The normalized spacial score (nSPS) is 19.5. The second-order valence-electron chi connectivity index (χ2n) is 4.54. The molecule has 5 nitrogen and oxygen atoms in total. The van der Waals surface area contributed by atoms with Crippen LogP contribution >= 0.6 is 0 Å². The molecule has 0 aliphatic carbocycles. The molecule has 0 aromatic carbocycles. The predicted molar refractivity (Wildman–Crippen MR) is 68.5 cm³/mol. The summed E-state index contributed by atoms with van der Waals surface area (Å²) in [6.45, 7) is 4.65. The van der Waals surface area contributed by atoms with Crippen molar-refractivity contribution >= 4 is 5.69 Å². The molecule has 94 valence electrons. The largest absolute Gasteiger partial charge is 0.373 e. The summed E-state index contributed by atoms with van der Waals surface area (Å²) in [5.41, 5.74) is 0.865. The SMILES string of the molecule is CCN(C)c1cnn(C[C@H]2CCCN2)c(=O)c1. The number of hydrogen-bond acceptors (Lipinski definition) is 4. The minimum Gasteiger partial charge on any atom is -0.373 e. The Kier molecular flexibility index (Phi) is 3.78. The molecule has 0 radical (unpaired) electrons. The quantitative estimate of drug-likeness (QED) is 0.824. The van der Waals surface area contributed by atoms with E-state index in [2.05, 4.69) is 10.4 Å². The van der Waals surface area contributed by atoms with E-state index < -0.39 is 0 Å². The van der Waals surface area contributed by atoms with Crippen LogP contribution in [0.5, 0.6) is 0 Å². The lowest BCUT2D eigenvalue weighted by molar-refractivity contribution is 0.459. The Labute approximate surface area is 101 Å². The van der Waals surface area contributed by atoms with Crippen LogP contribution in [0.25, 0.3) is 0 Å². The Bertz CT molecular complexity index is 423. The van der Waals surface area contributed by atoms with Crippen LogP contribution in [0.4, 0.5) is 5.69 Å². The minimum atomic E-state index is -0.0171. The lowest BCUT2D eigenvalue weighted by Crippen LogP contribution is -2.34. The molecule has 17 heavy (non-hydrogen) atoms. The third-order valence-corrected chi connectivity index (χ3v) is 3.33. The van der Waals surface area contributed by atoms with Crippen LogP contribution in [0.3, 0.4) is 0 Å². The number of aromatic nitrogens is 2. The second-order valence-corrected chi connectivity index (χ2v) is 4.54. The van der Waals surface area contributed by atoms with Gasteiger partial charge in [-0.25, -0.2) is 4.68 Å². The van der Waals surface area contributed by atoms with Crippen LogP contribution in [0.2, 0.25) is 0 Å². The molecule has 0 amide bonds. The molecule has 1 fully saturated rings. The molecular weight excluding hydrogens is 216 g/mol. The van der Waals surface area contributed by atoms with Crippen molar-refractivity contribution in [2.45, 2.75) is 32.4 Å². The monoisotopic (exact) mass is 236 g/mol. The first-order valence-electron chi connectivity index (χ1n) is 6.22. The Balaban J connectivity index is 2.11. The second kappa shape index (κ2) is 5.31. The zero-order valence-corrected chi connectivity index (χ0v) is 10.5. The molecule has 1 N–H and O–H groups in total. The molecule has 2 heterocycles. The van der Waals surface area contributed by atoms with E-state index in [0.29, 0.717) is 12.6 Å². The van der Waals surface area contributed by atoms with Gasteiger partial charge in [-0.2, -0.15) is 5.10 Å². The van der Waals surface area contributed by atoms with Gasteiger partial charge in [-0.05, 0) is 26.3 Å². The molecule has 2 rings (SSSR count). The molecule has 0 saturated carbocycles. The highest BCUT2D eigenvalue weighted by molar-refractivity contribution is 5.41. The molecule has 0 spiro atoms. The number of hydrogen-bond donors (Lipinski definition) is 1. The fourth-order valence-corrected chi connectivity index (χ4v) is 2.07. The van der Waals surface area contributed by atoms with E-state index in [-0.39, 0.29) is 5.56 Å². The van der Waals surface area contributed by atoms with Crippen LogP contribution in [0, 0.1) is 0 Å². The Morgan fingerprint density at radius 2 is 2.47 bits per heavy atom. The van der Waals surface area contributed by atoms with Crippen LogP contribution in [0.1, 0.15) is 19.8 Å². The van der Waals surface area contributed by atoms with Gasteiger partial charge in [0.15, 0.2) is 0 Å². The number of nitrogens with one attached hydrogen (secondary N) is 1. The van der Waals surface area contributed by atoms with Crippen molar-refractivity contribution in [3.05, 3.63) is 22.6 Å². The van der Waals surface area contributed by atoms with Crippen LogP contribution in [-0.4, -0.2) is 36.0 Å². The van der Waals surface area contributed by atoms with Crippen molar-refractivity contribution in [1.82, 2.24) is 15.1 Å².